The van der Waals surface area contributed by atoms with E-state index in [2.05, 4.69) is 0 Å². The first kappa shape index (κ1) is 15.6. The predicted octanol–water partition coefficient (Wildman–Crippen LogP) is 1.71. The Labute approximate surface area is 130 Å². The van der Waals surface area contributed by atoms with Gasteiger partial charge in [-0.1, -0.05) is 0 Å². The van der Waals surface area contributed by atoms with E-state index in [1.54, 1.807) is 42.7 Å². The van der Waals surface area contributed by atoms with Crippen molar-refractivity contribution in [3.8, 4) is 11.5 Å². The van der Waals surface area contributed by atoms with Crippen LogP contribution in [0.5, 0.6) is 11.5 Å². The molecule has 22 heavy (non-hydrogen) atoms. The van der Waals surface area contributed by atoms with Gasteiger partial charge in [-0.05, 0) is 0 Å². The highest BCUT2D eigenvalue weighted by atomic mass is 16.7. The molecule has 3 rings (SSSR count). The van der Waals surface area contributed by atoms with E-state index in [9.17, 15) is 0 Å². The number of hydrogen-bond acceptors (Lipinski definition) is 6. The summed E-state index contributed by atoms with van der Waals surface area (Å²) >= 11 is 0. The molecule has 0 fully saturated rings. The van der Waals surface area contributed by atoms with Crippen LogP contribution in [0.4, 0.5) is 0 Å². The first-order valence-electron chi connectivity index (χ1n) is 7.09. The average molecular weight is 310 g/mol. The average Bonchev–Trinajstić information content (AvgIpc) is 2.51. The van der Waals surface area contributed by atoms with Gasteiger partial charge in [-0.3, -0.25) is 0 Å². The van der Waals surface area contributed by atoms with Gasteiger partial charge in [0, 0.05) is 52.4 Å². The van der Waals surface area contributed by atoms with Gasteiger partial charge in [0.15, 0.2) is 0 Å². The molecule has 0 radical (unpaired) electrons. The zero-order valence-electron chi connectivity index (χ0n) is 13.9. The van der Waals surface area contributed by atoms with Crippen molar-refractivity contribution in [3.63, 3.8) is 0 Å². The Hall–Kier alpha value is -1.34. The first-order valence-corrected chi connectivity index (χ1v) is 7.09. The molecule has 0 spiro atoms. The van der Waals surface area contributed by atoms with Crippen molar-refractivity contribution in [1.82, 2.24) is 0 Å². The molecule has 6 nitrogen and oxygen atoms in total. The Morgan fingerprint density at radius 3 is 1.23 bits per heavy atom. The fourth-order valence-corrected chi connectivity index (χ4v) is 3.69. The molecule has 0 unspecified atom stereocenters. The zero-order valence-corrected chi connectivity index (χ0v) is 13.9. The van der Waals surface area contributed by atoms with E-state index in [1.807, 2.05) is 0 Å². The molecule has 0 saturated heterocycles. The van der Waals surface area contributed by atoms with Gasteiger partial charge >= 0.3 is 0 Å². The minimum Gasteiger partial charge on any atom is -0.496 e. The largest absolute Gasteiger partial charge is 0.496 e. The first-order chi connectivity index (χ1) is 10.6. The van der Waals surface area contributed by atoms with Gasteiger partial charge in [-0.25, -0.2) is 0 Å². The lowest BCUT2D eigenvalue weighted by Gasteiger charge is -2.49. The van der Waals surface area contributed by atoms with Gasteiger partial charge in [0.1, 0.15) is 11.5 Å². The summed E-state index contributed by atoms with van der Waals surface area (Å²) in [6, 6.07) is 0. The minimum atomic E-state index is -0.814. The van der Waals surface area contributed by atoms with Crippen LogP contribution in [-0.4, -0.2) is 42.7 Å². The van der Waals surface area contributed by atoms with E-state index in [0.717, 1.165) is 28.0 Å². The molecule has 2 aliphatic carbocycles. The minimum absolute atomic E-state index is 0.620. The van der Waals surface area contributed by atoms with Crippen LogP contribution in [0, 0.1) is 0 Å². The van der Waals surface area contributed by atoms with Crippen LogP contribution in [0.15, 0.2) is 0 Å². The van der Waals surface area contributed by atoms with Crippen molar-refractivity contribution in [3.05, 3.63) is 22.3 Å². The highest BCUT2D eigenvalue weighted by molar-refractivity contribution is 5.70. The Morgan fingerprint density at radius 2 is 0.955 bits per heavy atom. The zero-order chi connectivity index (χ0) is 16.1. The van der Waals surface area contributed by atoms with E-state index in [-0.39, 0.29) is 0 Å². The van der Waals surface area contributed by atoms with Gasteiger partial charge in [0.05, 0.1) is 25.3 Å². The van der Waals surface area contributed by atoms with Crippen molar-refractivity contribution in [2.75, 3.05) is 42.7 Å². The third kappa shape index (κ3) is 1.58. The molecule has 0 aromatic heterocycles. The lowest BCUT2D eigenvalue weighted by atomic mass is 9.70. The fourth-order valence-electron chi connectivity index (χ4n) is 3.69. The third-order valence-electron chi connectivity index (χ3n) is 4.91. The van der Waals surface area contributed by atoms with E-state index >= 15 is 0 Å². The number of benzene rings is 1. The molecular weight excluding hydrogens is 288 g/mol. The molecule has 6 heteroatoms. The van der Waals surface area contributed by atoms with Gasteiger partial charge in [0.25, 0.3) is 0 Å². The molecule has 122 valence electrons. The number of rotatable bonds is 6. The lowest BCUT2D eigenvalue weighted by Crippen LogP contribution is -2.48. The molecule has 0 bridgehead atoms. The quantitative estimate of drug-likeness (QED) is 0.746. The second-order valence-corrected chi connectivity index (χ2v) is 5.45. The van der Waals surface area contributed by atoms with Crippen LogP contribution in [0.25, 0.3) is 0 Å². The molecule has 1 aromatic rings. The Kier molecular flexibility index (Phi) is 3.60. The third-order valence-corrected chi connectivity index (χ3v) is 4.91. The Bertz CT molecular complexity index is 554. The normalized spacial score (nSPS) is 19.5. The van der Waals surface area contributed by atoms with Crippen LogP contribution in [-0.2, 0) is 43.4 Å². The number of fused-ring (bicyclic) bond motifs is 2. The monoisotopic (exact) mass is 310 g/mol. The molecule has 0 aliphatic heterocycles. The second-order valence-electron chi connectivity index (χ2n) is 5.45. The van der Waals surface area contributed by atoms with Crippen molar-refractivity contribution in [1.29, 1.82) is 0 Å². The number of ether oxygens (including phenoxy) is 6. The summed E-state index contributed by atoms with van der Waals surface area (Å²) in [5.74, 6) is -0.0895. The Morgan fingerprint density at radius 1 is 0.591 bits per heavy atom. The van der Waals surface area contributed by atoms with Crippen LogP contribution < -0.4 is 9.47 Å². The van der Waals surface area contributed by atoms with Crippen LogP contribution in [0.3, 0.4) is 0 Å². The maximum Gasteiger partial charge on any atom is 0.202 e. The topological polar surface area (TPSA) is 55.4 Å². The summed E-state index contributed by atoms with van der Waals surface area (Å²) in [7, 11) is 9.79. The summed E-state index contributed by atoms with van der Waals surface area (Å²) < 4.78 is 33.7. The lowest BCUT2D eigenvalue weighted by molar-refractivity contribution is -0.240. The van der Waals surface area contributed by atoms with Gasteiger partial charge in [-0.15, -0.1) is 0 Å². The summed E-state index contributed by atoms with van der Waals surface area (Å²) in [6.07, 6.45) is 1.24. The molecule has 0 heterocycles. The smallest absolute Gasteiger partial charge is 0.202 e. The van der Waals surface area contributed by atoms with Gasteiger partial charge in [0.2, 0.25) is 11.6 Å². The highest BCUT2D eigenvalue weighted by Gasteiger charge is 2.57. The van der Waals surface area contributed by atoms with Gasteiger partial charge in [-0.2, -0.15) is 0 Å². The van der Waals surface area contributed by atoms with E-state index in [1.165, 1.54) is 0 Å². The van der Waals surface area contributed by atoms with Crippen molar-refractivity contribution >= 4 is 0 Å². The standard InChI is InChI=1S/C16H22O6/c1-17-13-9-7-15(19-3,20-4)11(9)14(18-2)12-10(13)8-16(12,21-5)22-6/h7-8H2,1-6H3. The molecule has 0 saturated carbocycles. The fraction of sp³-hybridized carbons (Fsp3) is 0.625. The van der Waals surface area contributed by atoms with E-state index in [0.29, 0.717) is 18.6 Å². The molecule has 0 atom stereocenters. The second kappa shape index (κ2) is 5.09. The van der Waals surface area contributed by atoms with Gasteiger partial charge < -0.3 is 28.4 Å². The van der Waals surface area contributed by atoms with Crippen molar-refractivity contribution < 1.29 is 28.4 Å². The maximum absolute atomic E-state index is 5.68. The van der Waals surface area contributed by atoms with Crippen molar-refractivity contribution in [2.45, 2.75) is 24.4 Å². The Balaban J connectivity index is 2.28. The molecular formula is C16H22O6. The molecule has 1 aromatic carbocycles. The summed E-state index contributed by atoms with van der Waals surface area (Å²) in [5.41, 5.74) is 3.83. The number of hydrogen-bond donors (Lipinski definition) is 0. The molecule has 0 N–H and O–H groups in total. The van der Waals surface area contributed by atoms with E-state index < -0.39 is 11.6 Å². The van der Waals surface area contributed by atoms with Crippen LogP contribution in [0.1, 0.15) is 22.3 Å². The summed E-state index contributed by atoms with van der Waals surface area (Å²) in [4.78, 5) is 0. The number of methoxy groups -OCH3 is 6. The predicted molar refractivity (Wildman–Crippen MR) is 78.3 cm³/mol. The maximum atomic E-state index is 5.68. The van der Waals surface area contributed by atoms with Crippen LogP contribution in [0.2, 0.25) is 0 Å². The highest BCUT2D eigenvalue weighted by Crippen LogP contribution is 2.61. The summed E-state index contributed by atoms with van der Waals surface area (Å²) in [5, 5.41) is 0. The summed E-state index contributed by atoms with van der Waals surface area (Å²) in [6.45, 7) is 0. The molecule has 0 amide bonds. The van der Waals surface area contributed by atoms with Crippen LogP contribution >= 0.6 is 0 Å². The SMILES string of the molecule is COc1c2c(c(OC)c3c1CC3(OC)OC)C(OC)(OC)C2. The van der Waals surface area contributed by atoms with Crippen molar-refractivity contribution in [2.24, 2.45) is 0 Å². The molecule has 2 aliphatic rings. The van der Waals surface area contributed by atoms with E-state index in [4.69, 9.17) is 28.4 Å².